The summed E-state index contributed by atoms with van der Waals surface area (Å²) in [6.07, 6.45) is 8.20. The van der Waals surface area contributed by atoms with E-state index in [4.69, 9.17) is 4.74 Å². The zero-order valence-corrected chi connectivity index (χ0v) is 16.5. The van der Waals surface area contributed by atoms with E-state index in [0.29, 0.717) is 18.6 Å². The van der Waals surface area contributed by atoms with Gasteiger partial charge in [-0.1, -0.05) is 52.0 Å². The van der Waals surface area contributed by atoms with E-state index in [1.54, 1.807) is 0 Å². The Morgan fingerprint density at radius 2 is 1.88 bits per heavy atom. The highest BCUT2D eigenvalue weighted by atomic mass is 16.5. The van der Waals surface area contributed by atoms with E-state index < -0.39 is 0 Å². The van der Waals surface area contributed by atoms with Crippen LogP contribution in [0.4, 0.5) is 0 Å². The maximum Gasteiger partial charge on any atom is 0.119 e. The molecular weight excluding hydrogens is 306 g/mol. The maximum atomic E-state index is 5.60. The van der Waals surface area contributed by atoms with E-state index in [0.717, 1.165) is 12.2 Å². The van der Waals surface area contributed by atoms with Crippen LogP contribution >= 0.6 is 0 Å². The van der Waals surface area contributed by atoms with Crippen LogP contribution in [-0.2, 0) is 5.41 Å². The van der Waals surface area contributed by atoms with Crippen LogP contribution in [0.25, 0.3) is 0 Å². The molecular formula is C23H31NO. The third-order valence-electron chi connectivity index (χ3n) is 5.64. The third kappa shape index (κ3) is 3.15. The van der Waals surface area contributed by atoms with Crippen molar-refractivity contribution >= 4 is 0 Å². The fourth-order valence-electron chi connectivity index (χ4n) is 4.13. The lowest BCUT2D eigenvalue weighted by atomic mass is 9.81. The van der Waals surface area contributed by atoms with Crippen LogP contribution in [0, 0.1) is 5.92 Å². The molecule has 1 aliphatic heterocycles. The van der Waals surface area contributed by atoms with E-state index in [2.05, 4.69) is 82.1 Å². The van der Waals surface area contributed by atoms with Gasteiger partial charge in [-0.2, -0.15) is 0 Å². The van der Waals surface area contributed by atoms with E-state index in [9.17, 15) is 0 Å². The van der Waals surface area contributed by atoms with Gasteiger partial charge in [0, 0.05) is 18.2 Å². The first-order valence-electron chi connectivity index (χ1n) is 9.45. The highest BCUT2D eigenvalue weighted by Gasteiger charge is 2.38. The number of nitrogens with zero attached hydrogens (tertiary/aromatic N) is 1. The first kappa shape index (κ1) is 17.8. The van der Waals surface area contributed by atoms with Crippen LogP contribution in [-0.4, -0.2) is 24.6 Å². The summed E-state index contributed by atoms with van der Waals surface area (Å²) in [7, 11) is 2.25. The number of fused-ring (bicyclic) bond motifs is 1. The molecule has 1 atom stereocenters. The largest absolute Gasteiger partial charge is 0.494 e. The van der Waals surface area contributed by atoms with Gasteiger partial charge < -0.3 is 9.64 Å². The fraction of sp³-hybridized carbons (Fsp3) is 0.478. The first-order valence-corrected chi connectivity index (χ1v) is 9.45. The molecule has 0 radical (unpaired) electrons. The molecule has 3 rings (SSSR count). The predicted molar refractivity (Wildman–Crippen MR) is 106 cm³/mol. The molecule has 0 aromatic heterocycles. The third-order valence-corrected chi connectivity index (χ3v) is 5.64. The first-order chi connectivity index (χ1) is 11.9. The Kier molecular flexibility index (Phi) is 4.81. The standard InChI is InChI=1S/C23H31NO/c1-7-25-18-13-11-17(12-14-18)23(4,5)22-15-20-19(16(2)3)9-8-10-21(20)24(22)6/h8-9,11-16,21H,7,10H2,1-6H3. The van der Waals surface area contributed by atoms with Gasteiger partial charge in [-0.3, -0.25) is 0 Å². The Labute approximate surface area is 152 Å². The molecule has 0 amide bonds. The van der Waals surface area contributed by atoms with Crippen LogP contribution in [0.3, 0.4) is 0 Å². The van der Waals surface area contributed by atoms with Crippen molar-refractivity contribution < 1.29 is 4.74 Å². The van der Waals surface area contributed by atoms with Gasteiger partial charge in [-0.15, -0.1) is 0 Å². The smallest absolute Gasteiger partial charge is 0.119 e. The van der Waals surface area contributed by atoms with Gasteiger partial charge in [0.25, 0.3) is 0 Å². The highest BCUT2D eigenvalue weighted by molar-refractivity contribution is 5.51. The van der Waals surface area contributed by atoms with E-state index >= 15 is 0 Å². The monoisotopic (exact) mass is 337 g/mol. The summed E-state index contributed by atoms with van der Waals surface area (Å²) >= 11 is 0. The molecule has 2 heteroatoms. The van der Waals surface area contributed by atoms with Crippen molar-refractivity contribution in [3.8, 4) is 5.75 Å². The summed E-state index contributed by atoms with van der Waals surface area (Å²) in [6, 6.07) is 9.07. The summed E-state index contributed by atoms with van der Waals surface area (Å²) in [5.74, 6) is 1.50. The number of hydrogen-bond donors (Lipinski definition) is 0. The Morgan fingerprint density at radius 3 is 2.48 bits per heavy atom. The quantitative estimate of drug-likeness (QED) is 0.706. The number of likely N-dealkylation sites (N-methyl/N-ethyl adjacent to an activating group) is 1. The summed E-state index contributed by atoms with van der Waals surface area (Å²) in [6.45, 7) is 12.0. The van der Waals surface area contributed by atoms with Gasteiger partial charge in [-0.25, -0.2) is 0 Å². The minimum Gasteiger partial charge on any atom is -0.494 e. The Morgan fingerprint density at radius 1 is 1.20 bits per heavy atom. The van der Waals surface area contributed by atoms with Gasteiger partial charge in [0.05, 0.1) is 12.6 Å². The molecule has 2 nitrogen and oxygen atoms in total. The molecule has 0 saturated carbocycles. The SMILES string of the molecule is CCOc1ccc(C(C)(C)C2=CC3=C(C(C)C)C=CCC3N2C)cc1. The molecule has 0 spiro atoms. The Bertz CT molecular complexity index is 719. The van der Waals surface area contributed by atoms with Crippen molar-refractivity contribution in [2.45, 2.75) is 52.5 Å². The molecule has 1 aromatic carbocycles. The molecule has 134 valence electrons. The van der Waals surface area contributed by atoms with Crippen LogP contribution in [0.15, 0.2) is 59.3 Å². The van der Waals surface area contributed by atoms with Crippen LogP contribution < -0.4 is 4.74 Å². The molecule has 0 fully saturated rings. The normalized spacial score (nSPS) is 20.2. The van der Waals surface area contributed by atoms with Crippen molar-refractivity contribution in [1.29, 1.82) is 0 Å². The van der Waals surface area contributed by atoms with Gasteiger partial charge in [-0.05, 0) is 54.2 Å². The Hall–Kier alpha value is -1.96. The lowest BCUT2D eigenvalue weighted by Gasteiger charge is -2.36. The van der Waals surface area contributed by atoms with E-state index in [-0.39, 0.29) is 5.41 Å². The molecule has 0 N–H and O–H groups in total. The summed E-state index contributed by atoms with van der Waals surface area (Å²) in [5.41, 5.74) is 5.69. The number of rotatable bonds is 5. The number of ether oxygens (including phenoxy) is 1. The van der Waals surface area contributed by atoms with Crippen molar-refractivity contribution in [3.05, 3.63) is 64.9 Å². The van der Waals surface area contributed by atoms with E-state index in [1.807, 2.05) is 6.92 Å². The van der Waals surface area contributed by atoms with Crippen molar-refractivity contribution in [2.24, 2.45) is 5.92 Å². The molecule has 1 unspecified atom stereocenters. The second kappa shape index (κ2) is 6.74. The van der Waals surface area contributed by atoms with Crippen molar-refractivity contribution in [2.75, 3.05) is 13.7 Å². The highest BCUT2D eigenvalue weighted by Crippen LogP contribution is 2.43. The predicted octanol–water partition coefficient (Wildman–Crippen LogP) is 5.47. The van der Waals surface area contributed by atoms with Crippen LogP contribution in [0.5, 0.6) is 5.75 Å². The lowest BCUT2D eigenvalue weighted by Crippen LogP contribution is -2.35. The molecule has 1 aromatic rings. The second-order valence-corrected chi connectivity index (χ2v) is 7.94. The fourth-order valence-corrected chi connectivity index (χ4v) is 4.13. The summed E-state index contributed by atoms with van der Waals surface area (Å²) < 4.78 is 5.60. The Balaban J connectivity index is 1.98. The molecule has 25 heavy (non-hydrogen) atoms. The van der Waals surface area contributed by atoms with Gasteiger partial charge >= 0.3 is 0 Å². The minimum absolute atomic E-state index is 0.0358. The molecule has 1 heterocycles. The zero-order valence-electron chi connectivity index (χ0n) is 16.5. The zero-order chi connectivity index (χ0) is 18.2. The van der Waals surface area contributed by atoms with Crippen LogP contribution in [0.2, 0.25) is 0 Å². The molecule has 1 aliphatic carbocycles. The molecule has 2 aliphatic rings. The molecule has 0 bridgehead atoms. The summed E-state index contributed by atoms with van der Waals surface area (Å²) in [5, 5.41) is 0. The van der Waals surface area contributed by atoms with Crippen LogP contribution in [0.1, 0.15) is 46.6 Å². The maximum absolute atomic E-state index is 5.60. The van der Waals surface area contributed by atoms with Crippen molar-refractivity contribution in [1.82, 2.24) is 4.90 Å². The minimum atomic E-state index is -0.0358. The van der Waals surface area contributed by atoms with Gasteiger partial charge in [0.15, 0.2) is 0 Å². The van der Waals surface area contributed by atoms with Crippen molar-refractivity contribution in [3.63, 3.8) is 0 Å². The molecule has 0 saturated heterocycles. The van der Waals surface area contributed by atoms with E-state index in [1.165, 1.54) is 22.4 Å². The second-order valence-electron chi connectivity index (χ2n) is 7.94. The summed E-state index contributed by atoms with van der Waals surface area (Å²) in [4.78, 5) is 2.48. The topological polar surface area (TPSA) is 12.5 Å². The number of allylic oxidation sites excluding steroid dienone is 3. The van der Waals surface area contributed by atoms with Gasteiger partial charge in [0.2, 0.25) is 0 Å². The number of hydrogen-bond acceptors (Lipinski definition) is 2. The average Bonchev–Trinajstić information content (AvgIpc) is 2.93. The number of benzene rings is 1. The average molecular weight is 338 g/mol. The lowest BCUT2D eigenvalue weighted by molar-refractivity contribution is 0.314. The van der Waals surface area contributed by atoms with Gasteiger partial charge in [0.1, 0.15) is 5.75 Å².